The molecule has 4 heterocycles. The Kier molecular flexibility index (Phi) is 5.90. The smallest absolute Gasteiger partial charge is 0.134 e. The largest absolute Gasteiger partial charge is 0.396 e. The average Bonchev–Trinajstić information content (AvgIpc) is 3.13. The first-order valence-electron chi connectivity index (χ1n) is 10.5. The summed E-state index contributed by atoms with van der Waals surface area (Å²) in [5.74, 6) is 2.47. The van der Waals surface area contributed by atoms with Crippen LogP contribution in [0.3, 0.4) is 0 Å². The van der Waals surface area contributed by atoms with Gasteiger partial charge in [-0.05, 0) is 64.0 Å². The highest BCUT2D eigenvalue weighted by atomic mass is 16.3. The van der Waals surface area contributed by atoms with Crippen molar-refractivity contribution in [2.45, 2.75) is 51.0 Å². The fourth-order valence-corrected chi connectivity index (χ4v) is 4.88. The minimum atomic E-state index is 0.276. The van der Waals surface area contributed by atoms with E-state index in [0.29, 0.717) is 5.92 Å². The van der Waals surface area contributed by atoms with Gasteiger partial charge in [-0.1, -0.05) is 0 Å². The van der Waals surface area contributed by atoms with Crippen LogP contribution in [-0.4, -0.2) is 71.9 Å². The number of hydrogen-bond donors (Lipinski definition) is 1. The summed E-state index contributed by atoms with van der Waals surface area (Å²) in [6.07, 6.45) is 10.5. The minimum Gasteiger partial charge on any atom is -0.396 e. The van der Waals surface area contributed by atoms with Crippen LogP contribution in [0.15, 0.2) is 12.4 Å². The molecule has 144 valence electrons. The van der Waals surface area contributed by atoms with Crippen molar-refractivity contribution in [2.75, 3.05) is 55.7 Å². The van der Waals surface area contributed by atoms with Crippen molar-refractivity contribution < 1.29 is 5.11 Å². The fraction of sp³-hybridized carbons (Fsp3) is 0.800. The second-order valence-corrected chi connectivity index (χ2v) is 8.19. The van der Waals surface area contributed by atoms with Crippen molar-refractivity contribution in [2.24, 2.45) is 5.92 Å². The number of anilines is 2. The minimum absolute atomic E-state index is 0.276. The molecule has 0 aromatic carbocycles. The molecule has 1 aromatic rings. The fourth-order valence-electron chi connectivity index (χ4n) is 4.88. The molecule has 26 heavy (non-hydrogen) atoms. The van der Waals surface area contributed by atoms with Gasteiger partial charge in [-0.3, -0.25) is 0 Å². The van der Waals surface area contributed by atoms with Crippen molar-refractivity contribution in [3.05, 3.63) is 12.4 Å². The molecule has 3 aliphatic heterocycles. The lowest BCUT2D eigenvalue weighted by molar-refractivity contribution is 0.208. The summed E-state index contributed by atoms with van der Waals surface area (Å²) in [6.45, 7) is 7.00. The van der Waals surface area contributed by atoms with Gasteiger partial charge in [0.2, 0.25) is 0 Å². The Morgan fingerprint density at radius 1 is 0.846 bits per heavy atom. The van der Waals surface area contributed by atoms with Gasteiger partial charge in [0.05, 0.1) is 0 Å². The van der Waals surface area contributed by atoms with Gasteiger partial charge >= 0.3 is 0 Å². The molecule has 0 aliphatic carbocycles. The molecule has 6 heteroatoms. The molecule has 4 rings (SSSR count). The SMILES string of the molecule is OCC1CCCN(c2cc(N3CCCC(N4CCCC4)CC3)ncn2)C1. The van der Waals surface area contributed by atoms with Crippen LogP contribution < -0.4 is 9.80 Å². The van der Waals surface area contributed by atoms with E-state index in [1.807, 2.05) is 0 Å². The van der Waals surface area contributed by atoms with Gasteiger partial charge in [-0.15, -0.1) is 0 Å². The molecule has 6 nitrogen and oxygen atoms in total. The van der Waals surface area contributed by atoms with Crippen molar-refractivity contribution >= 4 is 11.6 Å². The molecule has 1 aromatic heterocycles. The molecule has 1 N–H and O–H groups in total. The van der Waals surface area contributed by atoms with Crippen molar-refractivity contribution in [3.63, 3.8) is 0 Å². The number of piperidine rings is 1. The number of aliphatic hydroxyl groups excluding tert-OH is 1. The van der Waals surface area contributed by atoms with Crippen molar-refractivity contribution in [1.82, 2.24) is 14.9 Å². The lowest BCUT2D eigenvalue weighted by Gasteiger charge is -2.33. The highest BCUT2D eigenvalue weighted by molar-refractivity contribution is 5.50. The van der Waals surface area contributed by atoms with E-state index in [-0.39, 0.29) is 6.61 Å². The lowest BCUT2D eigenvalue weighted by atomic mass is 9.99. The number of rotatable bonds is 4. The third-order valence-corrected chi connectivity index (χ3v) is 6.42. The van der Waals surface area contributed by atoms with Crippen LogP contribution in [0, 0.1) is 5.92 Å². The van der Waals surface area contributed by atoms with E-state index >= 15 is 0 Å². The topological polar surface area (TPSA) is 55.7 Å². The second kappa shape index (κ2) is 8.53. The number of hydrogen-bond acceptors (Lipinski definition) is 6. The first-order chi connectivity index (χ1) is 12.8. The number of aliphatic hydroxyl groups is 1. The van der Waals surface area contributed by atoms with E-state index in [1.165, 1.54) is 45.2 Å². The Bertz CT molecular complexity index is 577. The third kappa shape index (κ3) is 4.12. The molecule has 3 aliphatic rings. The van der Waals surface area contributed by atoms with E-state index in [0.717, 1.165) is 56.7 Å². The zero-order valence-electron chi connectivity index (χ0n) is 15.9. The van der Waals surface area contributed by atoms with Gasteiger partial charge in [0, 0.05) is 44.9 Å². The molecular formula is C20H33N5O. The van der Waals surface area contributed by atoms with Gasteiger partial charge in [-0.25, -0.2) is 9.97 Å². The lowest BCUT2D eigenvalue weighted by Crippen LogP contribution is -2.37. The van der Waals surface area contributed by atoms with Crippen LogP contribution in [0.25, 0.3) is 0 Å². The molecule has 0 saturated carbocycles. The molecule has 2 atom stereocenters. The van der Waals surface area contributed by atoms with Crippen LogP contribution in [0.4, 0.5) is 11.6 Å². The highest BCUT2D eigenvalue weighted by Crippen LogP contribution is 2.26. The van der Waals surface area contributed by atoms with E-state index in [9.17, 15) is 5.11 Å². The highest BCUT2D eigenvalue weighted by Gasteiger charge is 2.26. The van der Waals surface area contributed by atoms with Gasteiger partial charge in [0.25, 0.3) is 0 Å². The summed E-state index contributed by atoms with van der Waals surface area (Å²) in [5.41, 5.74) is 0. The molecule has 0 spiro atoms. The van der Waals surface area contributed by atoms with Crippen molar-refractivity contribution in [1.29, 1.82) is 0 Å². The normalized spacial score (nSPS) is 28.3. The maximum Gasteiger partial charge on any atom is 0.134 e. The summed E-state index contributed by atoms with van der Waals surface area (Å²) in [6, 6.07) is 2.92. The zero-order valence-corrected chi connectivity index (χ0v) is 15.9. The Morgan fingerprint density at radius 3 is 2.38 bits per heavy atom. The number of aromatic nitrogens is 2. The Balaban J connectivity index is 1.41. The molecular weight excluding hydrogens is 326 g/mol. The average molecular weight is 360 g/mol. The van der Waals surface area contributed by atoms with Gasteiger partial charge < -0.3 is 19.8 Å². The Hall–Kier alpha value is -1.40. The molecule has 0 bridgehead atoms. The summed E-state index contributed by atoms with van der Waals surface area (Å²) in [7, 11) is 0. The van der Waals surface area contributed by atoms with Crippen LogP contribution in [0.2, 0.25) is 0 Å². The molecule has 0 radical (unpaired) electrons. The van der Waals surface area contributed by atoms with E-state index in [4.69, 9.17) is 0 Å². The predicted octanol–water partition coefficient (Wildman–Crippen LogP) is 2.14. The zero-order chi connectivity index (χ0) is 17.8. The van der Waals surface area contributed by atoms with Crippen LogP contribution in [0.5, 0.6) is 0 Å². The predicted molar refractivity (Wildman–Crippen MR) is 105 cm³/mol. The first kappa shape index (κ1) is 18.0. The Morgan fingerprint density at radius 2 is 1.58 bits per heavy atom. The summed E-state index contributed by atoms with van der Waals surface area (Å²) in [4.78, 5) is 16.6. The van der Waals surface area contributed by atoms with Gasteiger partial charge in [-0.2, -0.15) is 0 Å². The maximum absolute atomic E-state index is 9.49. The molecule has 3 saturated heterocycles. The summed E-state index contributed by atoms with van der Waals surface area (Å²) < 4.78 is 0. The second-order valence-electron chi connectivity index (χ2n) is 8.19. The van der Waals surface area contributed by atoms with E-state index in [1.54, 1.807) is 6.33 Å². The molecule has 2 unspecified atom stereocenters. The van der Waals surface area contributed by atoms with Crippen LogP contribution in [-0.2, 0) is 0 Å². The summed E-state index contributed by atoms with van der Waals surface area (Å²) >= 11 is 0. The molecule has 0 amide bonds. The van der Waals surface area contributed by atoms with E-state index < -0.39 is 0 Å². The third-order valence-electron chi connectivity index (χ3n) is 6.42. The van der Waals surface area contributed by atoms with Gasteiger partial charge in [0.15, 0.2) is 0 Å². The number of nitrogens with zero attached hydrogens (tertiary/aromatic N) is 5. The van der Waals surface area contributed by atoms with Crippen molar-refractivity contribution in [3.8, 4) is 0 Å². The first-order valence-corrected chi connectivity index (χ1v) is 10.5. The standard InChI is InChI=1S/C20H33N5O/c26-15-17-5-3-11-25(14-17)20-13-19(21-16-22-20)24-10-4-6-18(7-12-24)23-8-1-2-9-23/h13,16-18,26H,1-12,14-15H2. The Labute approximate surface area is 157 Å². The van der Waals surface area contributed by atoms with E-state index in [2.05, 4.69) is 30.7 Å². The van der Waals surface area contributed by atoms with Gasteiger partial charge in [0.1, 0.15) is 18.0 Å². The van der Waals surface area contributed by atoms with Crippen LogP contribution in [0.1, 0.15) is 44.9 Å². The monoisotopic (exact) mass is 359 g/mol. The molecule has 3 fully saturated rings. The quantitative estimate of drug-likeness (QED) is 0.889. The number of likely N-dealkylation sites (tertiary alicyclic amines) is 1. The van der Waals surface area contributed by atoms with Crippen LogP contribution >= 0.6 is 0 Å². The summed E-state index contributed by atoms with van der Waals surface area (Å²) in [5, 5.41) is 9.49. The maximum atomic E-state index is 9.49.